The largest absolute Gasteiger partial charge is 0.482 e. The summed E-state index contributed by atoms with van der Waals surface area (Å²) < 4.78 is 6.10. The first-order valence-electron chi connectivity index (χ1n) is 7.77. The second-order valence-electron chi connectivity index (χ2n) is 5.45. The van der Waals surface area contributed by atoms with E-state index in [0.29, 0.717) is 6.54 Å². The lowest BCUT2D eigenvalue weighted by Gasteiger charge is -2.28. The second kappa shape index (κ2) is 7.29. The van der Waals surface area contributed by atoms with Gasteiger partial charge >= 0.3 is 0 Å². The molecule has 0 radical (unpaired) electrons. The minimum absolute atomic E-state index is 0.0609. The molecule has 1 unspecified atom stereocenters. The van der Waals surface area contributed by atoms with Crippen LogP contribution >= 0.6 is 0 Å². The van der Waals surface area contributed by atoms with Gasteiger partial charge in [-0.25, -0.2) is 0 Å². The molecule has 116 valence electrons. The van der Waals surface area contributed by atoms with Crippen LogP contribution in [0.2, 0.25) is 0 Å². The molecule has 3 rings (SSSR count). The minimum atomic E-state index is 0.0609. The number of benzene rings is 2. The topological polar surface area (TPSA) is 53.5 Å². The molecule has 1 atom stereocenters. The zero-order valence-electron chi connectivity index (χ0n) is 12.6. The number of hydrogen-bond donors (Lipinski definition) is 3. The van der Waals surface area contributed by atoms with Crippen LogP contribution in [0.3, 0.4) is 0 Å². The monoisotopic (exact) mass is 298 g/mol. The van der Waals surface area contributed by atoms with Crippen molar-refractivity contribution in [3.05, 3.63) is 59.7 Å². The van der Waals surface area contributed by atoms with Crippen LogP contribution in [0.1, 0.15) is 17.2 Å². The van der Waals surface area contributed by atoms with Gasteiger partial charge in [-0.2, -0.15) is 0 Å². The fourth-order valence-corrected chi connectivity index (χ4v) is 2.66. The van der Waals surface area contributed by atoms with E-state index in [1.165, 1.54) is 11.1 Å². The predicted octanol–water partition coefficient (Wildman–Crippen LogP) is 2.36. The summed E-state index contributed by atoms with van der Waals surface area (Å²) in [7, 11) is 0. The van der Waals surface area contributed by atoms with E-state index in [1.807, 2.05) is 24.3 Å². The van der Waals surface area contributed by atoms with Crippen LogP contribution in [0, 0.1) is 0 Å². The molecule has 0 aliphatic carbocycles. The summed E-state index contributed by atoms with van der Waals surface area (Å²) in [5.74, 6) is 0.909. The summed E-state index contributed by atoms with van der Waals surface area (Å²) in [4.78, 5) is 0. The van der Waals surface area contributed by atoms with Gasteiger partial charge < -0.3 is 20.5 Å². The lowest BCUT2D eigenvalue weighted by atomic mass is 10.1. The van der Waals surface area contributed by atoms with E-state index in [1.54, 1.807) is 0 Å². The molecule has 2 aromatic rings. The Kier molecular flexibility index (Phi) is 4.93. The maximum Gasteiger partial charge on any atom is 0.143 e. The zero-order chi connectivity index (χ0) is 15.2. The molecule has 4 heteroatoms. The maximum absolute atomic E-state index is 8.75. The molecule has 0 fully saturated rings. The van der Waals surface area contributed by atoms with Crippen LogP contribution in [-0.4, -0.2) is 31.3 Å². The van der Waals surface area contributed by atoms with Crippen molar-refractivity contribution in [3.8, 4) is 5.75 Å². The molecule has 22 heavy (non-hydrogen) atoms. The summed E-state index contributed by atoms with van der Waals surface area (Å²) >= 11 is 0. The molecule has 0 saturated heterocycles. The molecule has 0 amide bonds. The van der Waals surface area contributed by atoms with Gasteiger partial charge in [0.25, 0.3) is 0 Å². The lowest BCUT2D eigenvalue weighted by Crippen LogP contribution is -2.24. The Morgan fingerprint density at radius 3 is 2.82 bits per heavy atom. The Bertz CT molecular complexity index is 601. The van der Waals surface area contributed by atoms with E-state index in [0.717, 1.165) is 30.9 Å². The van der Waals surface area contributed by atoms with Gasteiger partial charge in [0.1, 0.15) is 11.9 Å². The van der Waals surface area contributed by atoms with Gasteiger partial charge in [0.2, 0.25) is 0 Å². The van der Waals surface area contributed by atoms with Crippen LogP contribution in [-0.2, 0) is 6.42 Å². The molecule has 0 aromatic heterocycles. The van der Waals surface area contributed by atoms with Gasteiger partial charge in [0.05, 0.1) is 18.8 Å². The Morgan fingerprint density at radius 1 is 1.14 bits per heavy atom. The fraction of sp³-hybridized carbons (Fsp3) is 0.333. The molecule has 2 aromatic carbocycles. The van der Waals surface area contributed by atoms with Crippen molar-refractivity contribution in [2.75, 3.05) is 31.6 Å². The van der Waals surface area contributed by atoms with E-state index in [-0.39, 0.29) is 12.7 Å². The van der Waals surface area contributed by atoms with Crippen LogP contribution in [0.25, 0.3) is 0 Å². The number of aliphatic hydroxyl groups excluding tert-OH is 1. The highest BCUT2D eigenvalue weighted by Crippen LogP contribution is 2.34. The number of anilines is 1. The highest BCUT2D eigenvalue weighted by molar-refractivity contribution is 5.60. The van der Waals surface area contributed by atoms with Gasteiger partial charge in [-0.3, -0.25) is 0 Å². The Labute approximate surface area is 131 Å². The van der Waals surface area contributed by atoms with Crippen LogP contribution in [0.15, 0.2) is 48.5 Å². The van der Waals surface area contributed by atoms with Crippen molar-refractivity contribution in [3.63, 3.8) is 0 Å². The number of hydrogen-bond acceptors (Lipinski definition) is 4. The normalized spacial score (nSPS) is 16.5. The molecule has 1 aliphatic heterocycles. The summed E-state index contributed by atoms with van der Waals surface area (Å²) in [6.45, 7) is 2.47. The molecular formula is C18H22N2O2. The van der Waals surface area contributed by atoms with Crippen molar-refractivity contribution in [1.29, 1.82) is 0 Å². The molecule has 1 heterocycles. The maximum atomic E-state index is 8.75. The third-order valence-electron chi connectivity index (χ3n) is 3.84. The molecule has 0 bridgehead atoms. The lowest BCUT2D eigenvalue weighted by molar-refractivity contribution is 0.210. The number of rotatable bonds is 6. The Balaban J connectivity index is 1.64. The van der Waals surface area contributed by atoms with Gasteiger partial charge in [-0.15, -0.1) is 0 Å². The third-order valence-corrected chi connectivity index (χ3v) is 3.84. The first-order valence-corrected chi connectivity index (χ1v) is 7.77. The van der Waals surface area contributed by atoms with Crippen LogP contribution in [0.4, 0.5) is 5.69 Å². The van der Waals surface area contributed by atoms with E-state index in [4.69, 9.17) is 9.84 Å². The van der Waals surface area contributed by atoms with E-state index in [9.17, 15) is 0 Å². The highest BCUT2D eigenvalue weighted by atomic mass is 16.5. The van der Waals surface area contributed by atoms with Gasteiger partial charge in [-0.1, -0.05) is 36.4 Å². The predicted molar refractivity (Wildman–Crippen MR) is 88.4 cm³/mol. The quantitative estimate of drug-likeness (QED) is 0.717. The summed E-state index contributed by atoms with van der Waals surface area (Å²) in [6, 6.07) is 16.6. The van der Waals surface area contributed by atoms with Crippen LogP contribution in [0.5, 0.6) is 5.75 Å². The van der Waals surface area contributed by atoms with Crippen molar-refractivity contribution in [2.24, 2.45) is 0 Å². The molecular weight excluding hydrogens is 276 g/mol. The first-order chi connectivity index (χ1) is 10.9. The molecule has 1 aliphatic rings. The minimum Gasteiger partial charge on any atom is -0.482 e. The summed E-state index contributed by atoms with van der Waals surface area (Å²) in [5, 5.41) is 15.4. The van der Waals surface area contributed by atoms with Crippen molar-refractivity contribution >= 4 is 5.69 Å². The second-order valence-corrected chi connectivity index (χ2v) is 5.45. The summed E-state index contributed by atoms with van der Waals surface area (Å²) in [5.41, 5.74) is 3.52. The summed E-state index contributed by atoms with van der Waals surface area (Å²) in [6.07, 6.45) is 1.00. The van der Waals surface area contributed by atoms with Gasteiger partial charge in [0.15, 0.2) is 0 Å². The van der Waals surface area contributed by atoms with Crippen molar-refractivity contribution in [1.82, 2.24) is 5.32 Å². The van der Waals surface area contributed by atoms with E-state index in [2.05, 4.69) is 34.9 Å². The Morgan fingerprint density at radius 2 is 2.00 bits per heavy atom. The number of aliphatic hydroxyl groups is 1. The van der Waals surface area contributed by atoms with E-state index >= 15 is 0 Å². The smallest absolute Gasteiger partial charge is 0.143 e. The third kappa shape index (κ3) is 3.59. The fourth-order valence-electron chi connectivity index (χ4n) is 2.66. The molecule has 4 nitrogen and oxygen atoms in total. The Hall–Kier alpha value is -2.04. The standard InChI is InChI=1S/C18H22N2O2/c21-11-10-19-9-8-14-6-7-17-16(12-14)20-13-18(22-17)15-4-2-1-3-5-15/h1-7,12,18-21H,8-11,13H2. The highest BCUT2D eigenvalue weighted by Gasteiger charge is 2.20. The number of fused-ring (bicyclic) bond motifs is 1. The number of ether oxygens (including phenoxy) is 1. The molecule has 0 spiro atoms. The average Bonchev–Trinajstić information content (AvgIpc) is 2.59. The molecule has 3 N–H and O–H groups in total. The SMILES string of the molecule is OCCNCCc1ccc2c(c1)NCC(c1ccccc1)O2. The van der Waals surface area contributed by atoms with Gasteiger partial charge in [0, 0.05) is 6.54 Å². The average molecular weight is 298 g/mol. The number of nitrogens with one attached hydrogen (secondary N) is 2. The zero-order valence-corrected chi connectivity index (χ0v) is 12.6. The first kappa shape index (κ1) is 14.9. The van der Waals surface area contributed by atoms with E-state index < -0.39 is 0 Å². The van der Waals surface area contributed by atoms with Crippen molar-refractivity contribution < 1.29 is 9.84 Å². The molecule has 0 saturated carbocycles. The van der Waals surface area contributed by atoms with Crippen molar-refractivity contribution in [2.45, 2.75) is 12.5 Å². The van der Waals surface area contributed by atoms with Crippen LogP contribution < -0.4 is 15.4 Å². The van der Waals surface area contributed by atoms with Gasteiger partial charge in [-0.05, 0) is 36.2 Å².